The number of hydrogen-bond donors (Lipinski definition) is 0. The van der Waals surface area contributed by atoms with E-state index in [1.54, 1.807) is 21.1 Å². The zero-order chi connectivity index (χ0) is 41.4. The van der Waals surface area contributed by atoms with E-state index in [2.05, 4.69) is 74.6 Å². The van der Waals surface area contributed by atoms with Crippen molar-refractivity contribution in [2.45, 2.75) is 187 Å². The van der Waals surface area contributed by atoms with E-state index in [9.17, 15) is 19.5 Å². The molecule has 0 aliphatic heterocycles. The summed E-state index contributed by atoms with van der Waals surface area (Å²) < 4.78 is 17.1. The van der Waals surface area contributed by atoms with Crippen LogP contribution in [0.15, 0.2) is 60.8 Å². The number of rotatable bonds is 39. The van der Waals surface area contributed by atoms with Crippen LogP contribution in [0.2, 0.25) is 0 Å². The Labute approximate surface area is 343 Å². The second-order valence-electron chi connectivity index (χ2n) is 15.9. The molecule has 0 rings (SSSR count). The molecule has 0 N–H and O–H groups in total. The molecule has 0 saturated heterocycles. The van der Waals surface area contributed by atoms with Gasteiger partial charge in [-0.2, -0.15) is 0 Å². The minimum absolute atomic E-state index is 0.0325. The minimum atomic E-state index is -1.13. The molecule has 8 nitrogen and oxygen atoms in total. The first-order chi connectivity index (χ1) is 27.1. The minimum Gasteiger partial charge on any atom is -0.544 e. The Morgan fingerprint density at radius 2 is 1.00 bits per heavy atom. The van der Waals surface area contributed by atoms with Gasteiger partial charge in [-0.3, -0.25) is 9.59 Å². The number of carboxylic acid groups (broad SMARTS) is 1. The third kappa shape index (κ3) is 36.7. The first-order valence-electron chi connectivity index (χ1n) is 22.3. The summed E-state index contributed by atoms with van der Waals surface area (Å²) in [6.45, 7) is 4.48. The van der Waals surface area contributed by atoms with Crippen LogP contribution in [0.25, 0.3) is 0 Å². The first-order valence-corrected chi connectivity index (χ1v) is 22.3. The fourth-order valence-electron chi connectivity index (χ4n) is 6.16. The molecule has 8 heteroatoms. The van der Waals surface area contributed by atoms with Crippen LogP contribution in [0.5, 0.6) is 0 Å². The molecule has 2 atom stereocenters. The number of allylic oxidation sites excluding steroid dienone is 10. The molecule has 0 aliphatic rings. The Morgan fingerprint density at radius 3 is 1.50 bits per heavy atom. The SMILES string of the molecule is CC/C=C/C/C=C/C/C=C/C/C=C/CCCCCCCCCCCC(=O)OCC(COCCC(C(=O)[O-])[N+](C)(C)C)OC(=O)CCCCCC/C=C/CCCC. The topological polar surface area (TPSA) is 102 Å². The molecule has 2 unspecified atom stereocenters. The van der Waals surface area contributed by atoms with Gasteiger partial charge in [0, 0.05) is 19.3 Å². The van der Waals surface area contributed by atoms with Crippen molar-refractivity contribution in [3.05, 3.63) is 60.8 Å². The molecule has 0 radical (unpaired) electrons. The van der Waals surface area contributed by atoms with Crippen molar-refractivity contribution in [2.24, 2.45) is 0 Å². The first kappa shape index (κ1) is 53.0. The van der Waals surface area contributed by atoms with Gasteiger partial charge >= 0.3 is 11.9 Å². The molecule has 0 aromatic rings. The molecule has 0 aliphatic carbocycles. The van der Waals surface area contributed by atoms with Gasteiger partial charge in [0.2, 0.25) is 0 Å². The van der Waals surface area contributed by atoms with Gasteiger partial charge in [-0.1, -0.05) is 145 Å². The van der Waals surface area contributed by atoms with Gasteiger partial charge in [-0.25, -0.2) is 0 Å². The number of carbonyl (C=O) groups is 3. The lowest BCUT2D eigenvalue weighted by molar-refractivity contribution is -0.889. The molecule has 0 saturated carbocycles. The molecular weight excluding hydrogens is 703 g/mol. The molecule has 0 amide bonds. The number of aliphatic carboxylic acids is 1. The summed E-state index contributed by atoms with van der Waals surface area (Å²) >= 11 is 0. The van der Waals surface area contributed by atoms with E-state index in [0.717, 1.165) is 89.9 Å². The molecule has 56 heavy (non-hydrogen) atoms. The number of esters is 2. The van der Waals surface area contributed by atoms with Crippen molar-refractivity contribution >= 4 is 17.9 Å². The van der Waals surface area contributed by atoms with Crippen LogP contribution in [0.4, 0.5) is 0 Å². The summed E-state index contributed by atoms with van der Waals surface area (Å²) in [5.41, 5.74) is 0. The predicted molar refractivity (Wildman–Crippen MR) is 231 cm³/mol. The largest absolute Gasteiger partial charge is 0.544 e. The standard InChI is InChI=1S/C48H83NO7/c1-6-8-10-12-14-16-18-19-20-21-22-23-24-25-26-27-28-29-31-32-34-36-38-46(50)55-43-44(42-54-41-40-45(48(52)53)49(3,4)5)56-47(51)39-37-35-33-30-17-15-13-11-9-7-2/h8,10,13-16,19-20,22-23,44-45H,6-7,9,11-12,17-18,21,24-43H2,1-5H3/b10-8+,15-13+,16-14+,20-19+,23-22+. The van der Waals surface area contributed by atoms with E-state index in [0.29, 0.717) is 12.8 Å². The Kier molecular flexibility index (Phi) is 36.8. The van der Waals surface area contributed by atoms with Gasteiger partial charge < -0.3 is 28.6 Å². The van der Waals surface area contributed by atoms with Crippen molar-refractivity contribution in [2.75, 3.05) is 41.0 Å². The quantitative estimate of drug-likeness (QED) is 0.0265. The fourth-order valence-corrected chi connectivity index (χ4v) is 6.16. The Balaban J connectivity index is 4.24. The lowest BCUT2D eigenvalue weighted by Crippen LogP contribution is -2.55. The van der Waals surface area contributed by atoms with E-state index < -0.39 is 18.1 Å². The molecule has 0 aromatic heterocycles. The highest BCUT2D eigenvalue weighted by Gasteiger charge is 2.25. The molecule has 0 heterocycles. The maximum atomic E-state index is 12.6. The second kappa shape index (κ2) is 38.9. The van der Waals surface area contributed by atoms with Crippen LogP contribution >= 0.6 is 0 Å². The van der Waals surface area contributed by atoms with Crippen molar-refractivity contribution in [3.8, 4) is 0 Å². The molecule has 0 aromatic carbocycles. The van der Waals surface area contributed by atoms with Gasteiger partial charge in [0.25, 0.3) is 0 Å². The maximum absolute atomic E-state index is 12.6. The van der Waals surface area contributed by atoms with Gasteiger partial charge in [-0.05, 0) is 70.6 Å². The molecular formula is C48H83NO7. The summed E-state index contributed by atoms with van der Waals surface area (Å²) in [7, 11) is 5.39. The summed E-state index contributed by atoms with van der Waals surface area (Å²) in [6, 6.07) is -0.729. The number of carboxylic acids is 1. The summed E-state index contributed by atoms with van der Waals surface area (Å²) in [5.74, 6) is -1.77. The van der Waals surface area contributed by atoms with Crippen molar-refractivity contribution in [1.82, 2.24) is 0 Å². The smallest absolute Gasteiger partial charge is 0.306 e. The highest BCUT2D eigenvalue weighted by Crippen LogP contribution is 2.14. The van der Waals surface area contributed by atoms with E-state index in [1.165, 1.54) is 51.4 Å². The Bertz CT molecular complexity index is 1100. The van der Waals surface area contributed by atoms with Crippen molar-refractivity contribution < 1.29 is 38.2 Å². The molecule has 0 spiro atoms. The number of unbranched alkanes of at least 4 members (excludes halogenated alkanes) is 15. The van der Waals surface area contributed by atoms with Crippen LogP contribution in [0.1, 0.15) is 174 Å². The van der Waals surface area contributed by atoms with Crippen LogP contribution in [-0.2, 0) is 28.6 Å². The number of quaternary nitrogens is 1. The van der Waals surface area contributed by atoms with Crippen LogP contribution in [0.3, 0.4) is 0 Å². The van der Waals surface area contributed by atoms with Gasteiger partial charge in [0.15, 0.2) is 6.10 Å². The number of nitrogens with zero attached hydrogens (tertiary/aromatic N) is 1. The number of hydrogen-bond acceptors (Lipinski definition) is 7. The van der Waals surface area contributed by atoms with Gasteiger partial charge in [-0.15, -0.1) is 0 Å². The summed E-state index contributed by atoms with van der Waals surface area (Å²) in [4.78, 5) is 36.8. The second-order valence-corrected chi connectivity index (χ2v) is 15.9. The average Bonchev–Trinajstić information content (AvgIpc) is 3.15. The Hall–Kier alpha value is -2.97. The number of likely N-dealkylation sites (N-methyl/N-ethyl adjacent to an activating group) is 1. The third-order valence-electron chi connectivity index (χ3n) is 9.64. The van der Waals surface area contributed by atoms with Gasteiger partial charge in [0.1, 0.15) is 12.6 Å². The van der Waals surface area contributed by atoms with E-state index in [-0.39, 0.29) is 42.7 Å². The van der Waals surface area contributed by atoms with Crippen molar-refractivity contribution in [3.63, 3.8) is 0 Å². The van der Waals surface area contributed by atoms with Gasteiger partial charge in [0.05, 0.1) is 40.3 Å². The van der Waals surface area contributed by atoms with E-state index >= 15 is 0 Å². The molecule has 322 valence electrons. The maximum Gasteiger partial charge on any atom is 0.306 e. The van der Waals surface area contributed by atoms with E-state index in [1.807, 2.05) is 0 Å². The lowest BCUT2D eigenvalue weighted by atomic mass is 10.1. The van der Waals surface area contributed by atoms with E-state index in [4.69, 9.17) is 14.2 Å². The third-order valence-corrected chi connectivity index (χ3v) is 9.64. The molecule has 0 fully saturated rings. The van der Waals surface area contributed by atoms with Crippen LogP contribution in [-0.4, -0.2) is 75.5 Å². The molecule has 0 bridgehead atoms. The monoisotopic (exact) mass is 786 g/mol. The predicted octanol–water partition coefficient (Wildman–Crippen LogP) is 10.9. The normalized spacial score (nSPS) is 13.5. The highest BCUT2D eigenvalue weighted by atomic mass is 16.6. The highest BCUT2D eigenvalue weighted by molar-refractivity contribution is 5.70. The van der Waals surface area contributed by atoms with Crippen molar-refractivity contribution in [1.29, 1.82) is 0 Å². The zero-order valence-corrected chi connectivity index (χ0v) is 36.5. The summed E-state index contributed by atoms with van der Waals surface area (Å²) in [5, 5.41) is 11.6. The lowest BCUT2D eigenvalue weighted by Gasteiger charge is -2.34. The van der Waals surface area contributed by atoms with Crippen LogP contribution in [0, 0.1) is 0 Å². The number of carbonyl (C=O) groups excluding carboxylic acids is 3. The van der Waals surface area contributed by atoms with Crippen LogP contribution < -0.4 is 5.11 Å². The summed E-state index contributed by atoms with van der Waals surface area (Å²) in [6.07, 6.45) is 46.8. The zero-order valence-electron chi connectivity index (χ0n) is 36.5. The number of ether oxygens (including phenoxy) is 3. The average molecular weight is 786 g/mol. The Morgan fingerprint density at radius 1 is 0.554 bits per heavy atom. The fraction of sp³-hybridized carbons (Fsp3) is 0.729.